The van der Waals surface area contributed by atoms with E-state index in [-0.39, 0.29) is 4.90 Å². The average Bonchev–Trinajstić information content (AvgIpc) is 2.77. The van der Waals surface area contributed by atoms with Crippen LogP contribution in [0.4, 0.5) is 5.82 Å². The summed E-state index contributed by atoms with van der Waals surface area (Å²) < 4.78 is 27.5. The van der Waals surface area contributed by atoms with Crippen molar-refractivity contribution < 1.29 is 8.42 Å². The van der Waals surface area contributed by atoms with Crippen molar-refractivity contribution in [2.24, 2.45) is 0 Å². The summed E-state index contributed by atoms with van der Waals surface area (Å²) in [4.78, 5) is 0.204. The molecule has 19 heavy (non-hydrogen) atoms. The van der Waals surface area contributed by atoms with E-state index in [1.165, 1.54) is 12.1 Å². The molecule has 0 spiro atoms. The molecule has 0 amide bonds. The number of H-pyrrole nitrogens is 1. The Labute approximate surface area is 120 Å². The Morgan fingerprint density at radius 2 is 2.00 bits per heavy atom. The van der Waals surface area contributed by atoms with Gasteiger partial charge < -0.3 is 0 Å². The van der Waals surface area contributed by atoms with Crippen LogP contribution >= 0.6 is 15.9 Å². The van der Waals surface area contributed by atoms with Gasteiger partial charge in [0.1, 0.15) is 0 Å². The van der Waals surface area contributed by atoms with Crippen molar-refractivity contribution in [2.75, 3.05) is 4.72 Å². The third-order valence-corrected chi connectivity index (χ3v) is 4.41. The molecule has 2 rings (SSSR count). The van der Waals surface area contributed by atoms with Crippen LogP contribution in [0.3, 0.4) is 0 Å². The number of nitrogens with one attached hydrogen (secondary N) is 2. The molecular weight excluding hydrogens is 330 g/mol. The van der Waals surface area contributed by atoms with Crippen molar-refractivity contribution >= 4 is 31.8 Å². The average molecular weight is 344 g/mol. The van der Waals surface area contributed by atoms with E-state index in [4.69, 9.17) is 0 Å². The van der Waals surface area contributed by atoms with Crippen molar-refractivity contribution in [3.63, 3.8) is 0 Å². The molecule has 2 aromatic rings. The maximum Gasteiger partial charge on any atom is 0.263 e. The van der Waals surface area contributed by atoms with Crippen LogP contribution in [0.15, 0.2) is 39.7 Å². The topological polar surface area (TPSA) is 74.8 Å². The van der Waals surface area contributed by atoms with Crippen LogP contribution in [0.1, 0.15) is 19.0 Å². The molecule has 5 nitrogen and oxygen atoms in total. The number of sulfonamides is 1. The molecule has 1 aromatic carbocycles. The molecule has 0 unspecified atom stereocenters. The lowest BCUT2D eigenvalue weighted by molar-refractivity contribution is 0.601. The van der Waals surface area contributed by atoms with E-state index in [9.17, 15) is 8.42 Å². The molecule has 0 aliphatic heterocycles. The van der Waals surface area contributed by atoms with Crippen LogP contribution in [0, 0.1) is 0 Å². The molecule has 0 aliphatic rings. The molecule has 1 aromatic heterocycles. The SMILES string of the molecule is CCCc1cc(NS(=O)(=O)c2ccc(Br)cc2)n[nH]1. The second-order valence-corrected chi connectivity index (χ2v) is 6.69. The molecule has 7 heteroatoms. The van der Waals surface area contributed by atoms with Crippen molar-refractivity contribution in [2.45, 2.75) is 24.7 Å². The summed E-state index contributed by atoms with van der Waals surface area (Å²) in [6.07, 6.45) is 1.81. The van der Waals surface area contributed by atoms with Crippen molar-refractivity contribution in [3.05, 3.63) is 40.5 Å². The van der Waals surface area contributed by atoms with Gasteiger partial charge in [-0.15, -0.1) is 0 Å². The lowest BCUT2D eigenvalue weighted by atomic mass is 10.2. The second-order valence-electron chi connectivity index (χ2n) is 4.09. The molecule has 102 valence electrons. The highest BCUT2D eigenvalue weighted by Gasteiger charge is 2.15. The van der Waals surface area contributed by atoms with Gasteiger partial charge in [0.05, 0.1) is 4.90 Å². The molecule has 0 bridgehead atoms. The van der Waals surface area contributed by atoms with Crippen molar-refractivity contribution in [1.82, 2.24) is 10.2 Å². The van der Waals surface area contributed by atoms with E-state index in [0.717, 1.165) is 23.0 Å². The third kappa shape index (κ3) is 3.57. The molecular formula is C12H14BrN3O2S. The molecule has 0 saturated carbocycles. The molecule has 1 heterocycles. The number of nitrogens with zero attached hydrogens (tertiary/aromatic N) is 1. The Hall–Kier alpha value is -1.34. The van der Waals surface area contributed by atoms with Gasteiger partial charge in [0.2, 0.25) is 0 Å². The van der Waals surface area contributed by atoms with E-state index in [1.54, 1.807) is 18.2 Å². The van der Waals surface area contributed by atoms with Gasteiger partial charge in [-0.1, -0.05) is 29.3 Å². The van der Waals surface area contributed by atoms with Gasteiger partial charge in [-0.25, -0.2) is 8.42 Å². The second kappa shape index (κ2) is 5.75. The number of rotatable bonds is 5. The standard InChI is InChI=1S/C12H14BrN3O2S/c1-2-3-10-8-12(15-14-10)16-19(17,18)11-6-4-9(13)5-7-11/h4-8H,2-3H2,1H3,(H2,14,15,16). The minimum absolute atomic E-state index is 0.204. The lowest BCUT2D eigenvalue weighted by Crippen LogP contribution is -2.13. The van der Waals surface area contributed by atoms with Gasteiger partial charge in [-0.05, 0) is 30.7 Å². The first-order valence-corrected chi connectivity index (χ1v) is 8.11. The largest absolute Gasteiger partial charge is 0.280 e. The van der Waals surface area contributed by atoms with Gasteiger partial charge >= 0.3 is 0 Å². The highest BCUT2D eigenvalue weighted by atomic mass is 79.9. The molecule has 0 saturated heterocycles. The van der Waals surface area contributed by atoms with E-state index in [1.807, 2.05) is 6.92 Å². The zero-order valence-electron chi connectivity index (χ0n) is 10.4. The molecule has 0 aliphatic carbocycles. The van der Waals surface area contributed by atoms with Crippen molar-refractivity contribution in [1.29, 1.82) is 0 Å². The van der Waals surface area contributed by atoms with E-state index < -0.39 is 10.0 Å². The molecule has 2 N–H and O–H groups in total. The minimum Gasteiger partial charge on any atom is -0.280 e. The highest BCUT2D eigenvalue weighted by molar-refractivity contribution is 9.10. The Morgan fingerprint density at radius 1 is 1.32 bits per heavy atom. The van der Waals surface area contributed by atoms with Gasteiger partial charge in [0.15, 0.2) is 5.82 Å². The minimum atomic E-state index is -3.59. The van der Waals surface area contributed by atoms with Gasteiger partial charge in [0, 0.05) is 16.2 Å². The summed E-state index contributed by atoms with van der Waals surface area (Å²) in [5.74, 6) is 0.311. The number of aromatic amines is 1. The lowest BCUT2D eigenvalue weighted by Gasteiger charge is -2.04. The summed E-state index contributed by atoms with van der Waals surface area (Å²) in [6, 6.07) is 8.14. The zero-order chi connectivity index (χ0) is 13.9. The van der Waals surface area contributed by atoms with Crippen LogP contribution in [0.2, 0.25) is 0 Å². The van der Waals surface area contributed by atoms with Gasteiger partial charge in [-0.2, -0.15) is 5.10 Å². The number of anilines is 1. The monoisotopic (exact) mass is 343 g/mol. The Bertz CT molecular complexity index is 650. The third-order valence-electron chi connectivity index (χ3n) is 2.51. The fraction of sp³-hybridized carbons (Fsp3) is 0.250. The molecule has 0 fully saturated rings. The quantitative estimate of drug-likeness (QED) is 0.876. The number of benzene rings is 1. The van der Waals surface area contributed by atoms with Crippen LogP contribution in [0.5, 0.6) is 0 Å². The maximum atomic E-state index is 12.1. The van der Waals surface area contributed by atoms with Crippen LogP contribution in [-0.2, 0) is 16.4 Å². The number of aryl methyl sites for hydroxylation is 1. The van der Waals surface area contributed by atoms with E-state index in [0.29, 0.717) is 5.82 Å². The van der Waals surface area contributed by atoms with Crippen molar-refractivity contribution in [3.8, 4) is 0 Å². The Balaban J connectivity index is 2.18. The molecule has 0 radical (unpaired) electrons. The number of aromatic nitrogens is 2. The number of hydrogen-bond donors (Lipinski definition) is 2. The summed E-state index contributed by atoms with van der Waals surface area (Å²) in [5.41, 5.74) is 0.913. The summed E-state index contributed by atoms with van der Waals surface area (Å²) >= 11 is 3.27. The number of hydrogen-bond acceptors (Lipinski definition) is 3. The highest BCUT2D eigenvalue weighted by Crippen LogP contribution is 2.18. The first-order chi connectivity index (χ1) is 9.01. The zero-order valence-corrected chi connectivity index (χ0v) is 12.8. The predicted molar refractivity (Wildman–Crippen MR) is 77.5 cm³/mol. The molecule has 0 atom stereocenters. The fourth-order valence-electron chi connectivity index (χ4n) is 1.62. The predicted octanol–water partition coefficient (Wildman–Crippen LogP) is 2.93. The summed E-state index contributed by atoms with van der Waals surface area (Å²) in [5, 5.41) is 6.74. The smallest absolute Gasteiger partial charge is 0.263 e. The van der Waals surface area contributed by atoms with Gasteiger partial charge in [-0.3, -0.25) is 9.82 Å². The first-order valence-electron chi connectivity index (χ1n) is 5.84. The Morgan fingerprint density at radius 3 is 2.63 bits per heavy atom. The normalized spacial score (nSPS) is 11.5. The maximum absolute atomic E-state index is 12.1. The van der Waals surface area contributed by atoms with Crippen LogP contribution in [0.25, 0.3) is 0 Å². The first kappa shape index (κ1) is 14.1. The van der Waals surface area contributed by atoms with Crippen LogP contribution in [-0.4, -0.2) is 18.6 Å². The van der Waals surface area contributed by atoms with Gasteiger partial charge in [0.25, 0.3) is 10.0 Å². The summed E-state index contributed by atoms with van der Waals surface area (Å²) in [7, 11) is -3.59. The van der Waals surface area contributed by atoms with Crippen LogP contribution < -0.4 is 4.72 Å². The summed E-state index contributed by atoms with van der Waals surface area (Å²) in [6.45, 7) is 2.05. The van der Waals surface area contributed by atoms with E-state index >= 15 is 0 Å². The number of halogens is 1. The van der Waals surface area contributed by atoms with E-state index in [2.05, 4.69) is 30.8 Å². The fourth-order valence-corrected chi connectivity index (χ4v) is 2.88. The Kier molecular flexibility index (Phi) is 4.26.